The summed E-state index contributed by atoms with van der Waals surface area (Å²) in [6, 6.07) is 10.2. The zero-order valence-electron chi connectivity index (χ0n) is 14.0. The third kappa shape index (κ3) is 5.61. The molecule has 0 saturated carbocycles. The summed E-state index contributed by atoms with van der Waals surface area (Å²) >= 11 is 0. The third-order valence-corrected chi connectivity index (χ3v) is 4.14. The van der Waals surface area contributed by atoms with Crippen molar-refractivity contribution in [1.29, 1.82) is 0 Å². The summed E-state index contributed by atoms with van der Waals surface area (Å²) in [6.45, 7) is 4.06. The normalized spacial score (nSPS) is 22.5. The number of methoxy groups -OCH3 is 1. The van der Waals surface area contributed by atoms with Crippen LogP contribution in [0, 0.1) is 5.92 Å². The van der Waals surface area contributed by atoms with E-state index < -0.39 is 6.10 Å². The van der Waals surface area contributed by atoms with Crippen molar-refractivity contribution in [3.8, 4) is 0 Å². The molecule has 1 aromatic carbocycles. The van der Waals surface area contributed by atoms with Gasteiger partial charge in [-0.2, -0.15) is 0 Å². The van der Waals surface area contributed by atoms with Crippen LogP contribution >= 0.6 is 0 Å². The minimum atomic E-state index is -0.468. The summed E-state index contributed by atoms with van der Waals surface area (Å²) in [5, 5.41) is 2.99. The fraction of sp³-hybridized carbons (Fsp3) is 0.611. The largest absolute Gasteiger partial charge is 0.382 e. The summed E-state index contributed by atoms with van der Waals surface area (Å²) in [5.74, 6) is 0.208. The lowest BCUT2D eigenvalue weighted by Crippen LogP contribution is -2.40. The molecule has 1 N–H and O–H groups in total. The summed E-state index contributed by atoms with van der Waals surface area (Å²) in [7, 11) is 1.61. The van der Waals surface area contributed by atoms with E-state index in [1.807, 2.05) is 18.2 Å². The Hall–Kier alpha value is -1.43. The summed E-state index contributed by atoms with van der Waals surface area (Å²) < 4.78 is 16.3. The minimum absolute atomic E-state index is 0.0509. The molecular weight excluding hydrogens is 294 g/mol. The molecule has 1 aromatic rings. The van der Waals surface area contributed by atoms with Crippen LogP contribution in [-0.4, -0.2) is 45.5 Å². The second kappa shape index (κ2) is 9.65. The molecular formula is C18H27NO4. The molecule has 1 saturated heterocycles. The lowest BCUT2D eigenvalue weighted by atomic mass is 9.89. The monoisotopic (exact) mass is 321 g/mol. The molecule has 0 bridgehead atoms. The van der Waals surface area contributed by atoms with E-state index in [1.165, 1.54) is 5.56 Å². The van der Waals surface area contributed by atoms with Crippen molar-refractivity contribution in [3.05, 3.63) is 35.9 Å². The first-order valence-electron chi connectivity index (χ1n) is 8.27. The van der Waals surface area contributed by atoms with Gasteiger partial charge in [0.25, 0.3) is 0 Å². The number of rotatable bonds is 8. The zero-order valence-corrected chi connectivity index (χ0v) is 14.0. The van der Waals surface area contributed by atoms with Gasteiger partial charge in [0.15, 0.2) is 0 Å². The molecule has 1 heterocycles. The molecule has 3 unspecified atom stereocenters. The molecule has 1 amide bonds. The number of benzene rings is 1. The molecule has 0 aromatic heterocycles. The Morgan fingerprint density at radius 3 is 2.87 bits per heavy atom. The Bertz CT molecular complexity index is 465. The van der Waals surface area contributed by atoms with Crippen LogP contribution in [0.5, 0.6) is 0 Å². The summed E-state index contributed by atoms with van der Waals surface area (Å²) in [6.07, 6.45) is 1.67. The standard InChI is InChI=1S/C18H27NO4/c1-14(22-12-11-21-2)18(20)19-13-16-9-6-10-23-17(16)15-7-4-3-5-8-15/h3-5,7-8,14,16-17H,6,9-13H2,1-2H3,(H,19,20). The van der Waals surface area contributed by atoms with Crippen LogP contribution in [0.3, 0.4) is 0 Å². The number of hydrogen-bond donors (Lipinski definition) is 1. The van der Waals surface area contributed by atoms with E-state index in [-0.39, 0.29) is 12.0 Å². The van der Waals surface area contributed by atoms with Crippen LogP contribution in [0.25, 0.3) is 0 Å². The number of carbonyl (C=O) groups is 1. The second-order valence-electron chi connectivity index (χ2n) is 5.86. The SMILES string of the molecule is COCCOC(C)C(=O)NCC1CCCOC1c1ccccc1. The highest BCUT2D eigenvalue weighted by molar-refractivity contribution is 5.80. The Kier molecular flexibility index (Phi) is 7.52. The minimum Gasteiger partial charge on any atom is -0.382 e. The van der Waals surface area contributed by atoms with Crippen LogP contribution in [0.1, 0.15) is 31.4 Å². The van der Waals surface area contributed by atoms with E-state index in [4.69, 9.17) is 14.2 Å². The van der Waals surface area contributed by atoms with E-state index in [2.05, 4.69) is 17.4 Å². The average Bonchev–Trinajstić information content (AvgIpc) is 2.60. The van der Waals surface area contributed by atoms with Crippen molar-refractivity contribution in [2.24, 2.45) is 5.92 Å². The Morgan fingerprint density at radius 1 is 1.35 bits per heavy atom. The summed E-state index contributed by atoms with van der Waals surface area (Å²) in [4.78, 5) is 12.1. The molecule has 0 spiro atoms. The maximum atomic E-state index is 12.1. The van der Waals surface area contributed by atoms with E-state index in [0.717, 1.165) is 19.4 Å². The molecule has 1 fully saturated rings. The summed E-state index contributed by atoms with van der Waals surface area (Å²) in [5.41, 5.74) is 1.18. The molecule has 1 aliphatic heterocycles. The molecule has 2 rings (SSSR count). The Balaban J connectivity index is 1.84. The van der Waals surface area contributed by atoms with Crippen molar-refractivity contribution in [3.63, 3.8) is 0 Å². The smallest absolute Gasteiger partial charge is 0.248 e. The van der Waals surface area contributed by atoms with Gasteiger partial charge < -0.3 is 19.5 Å². The van der Waals surface area contributed by atoms with Crippen LogP contribution < -0.4 is 5.32 Å². The van der Waals surface area contributed by atoms with Crippen molar-refractivity contribution >= 4 is 5.91 Å². The lowest BCUT2D eigenvalue weighted by Gasteiger charge is -2.32. The molecule has 0 radical (unpaired) electrons. The first-order chi connectivity index (χ1) is 11.2. The zero-order chi connectivity index (χ0) is 16.5. The van der Waals surface area contributed by atoms with Gasteiger partial charge in [-0.15, -0.1) is 0 Å². The van der Waals surface area contributed by atoms with Gasteiger partial charge in [-0.25, -0.2) is 0 Å². The van der Waals surface area contributed by atoms with Gasteiger partial charge in [0.2, 0.25) is 5.91 Å². The van der Waals surface area contributed by atoms with E-state index in [0.29, 0.717) is 25.7 Å². The van der Waals surface area contributed by atoms with Gasteiger partial charge in [0.1, 0.15) is 6.10 Å². The van der Waals surface area contributed by atoms with Crippen molar-refractivity contribution < 1.29 is 19.0 Å². The number of hydrogen-bond acceptors (Lipinski definition) is 4. The van der Waals surface area contributed by atoms with Gasteiger partial charge in [-0.1, -0.05) is 30.3 Å². The molecule has 0 aliphatic carbocycles. The number of nitrogens with one attached hydrogen (secondary N) is 1. The Morgan fingerprint density at radius 2 is 2.13 bits per heavy atom. The molecule has 23 heavy (non-hydrogen) atoms. The lowest BCUT2D eigenvalue weighted by molar-refractivity contribution is -0.133. The van der Waals surface area contributed by atoms with Gasteiger partial charge in [-0.05, 0) is 25.3 Å². The molecule has 3 atom stereocenters. The maximum absolute atomic E-state index is 12.1. The van der Waals surface area contributed by atoms with Crippen molar-refractivity contribution in [2.45, 2.75) is 32.0 Å². The predicted octanol–water partition coefficient (Wildman–Crippen LogP) is 2.32. The van der Waals surface area contributed by atoms with Gasteiger partial charge in [0.05, 0.1) is 19.3 Å². The van der Waals surface area contributed by atoms with Gasteiger partial charge in [0, 0.05) is 26.2 Å². The van der Waals surface area contributed by atoms with E-state index in [9.17, 15) is 4.79 Å². The van der Waals surface area contributed by atoms with Crippen LogP contribution in [0.15, 0.2) is 30.3 Å². The fourth-order valence-corrected chi connectivity index (χ4v) is 2.82. The maximum Gasteiger partial charge on any atom is 0.248 e. The highest BCUT2D eigenvalue weighted by Crippen LogP contribution is 2.33. The highest BCUT2D eigenvalue weighted by atomic mass is 16.5. The molecule has 5 nitrogen and oxygen atoms in total. The van der Waals surface area contributed by atoms with Crippen LogP contribution in [0.2, 0.25) is 0 Å². The van der Waals surface area contributed by atoms with Crippen molar-refractivity contribution in [1.82, 2.24) is 5.32 Å². The second-order valence-corrected chi connectivity index (χ2v) is 5.86. The van der Waals surface area contributed by atoms with E-state index in [1.54, 1.807) is 14.0 Å². The average molecular weight is 321 g/mol. The number of carbonyl (C=O) groups excluding carboxylic acids is 1. The highest BCUT2D eigenvalue weighted by Gasteiger charge is 2.28. The van der Waals surface area contributed by atoms with Gasteiger partial charge in [-0.3, -0.25) is 4.79 Å². The number of ether oxygens (including phenoxy) is 3. The third-order valence-electron chi connectivity index (χ3n) is 4.14. The Labute approximate surface area is 138 Å². The first kappa shape index (κ1) is 17.9. The van der Waals surface area contributed by atoms with Crippen molar-refractivity contribution in [2.75, 3.05) is 33.5 Å². The van der Waals surface area contributed by atoms with Crippen LogP contribution in [0.4, 0.5) is 0 Å². The molecule has 128 valence electrons. The number of amides is 1. The predicted molar refractivity (Wildman–Crippen MR) is 88.2 cm³/mol. The van der Waals surface area contributed by atoms with Crippen LogP contribution in [-0.2, 0) is 19.0 Å². The van der Waals surface area contributed by atoms with Gasteiger partial charge >= 0.3 is 0 Å². The quantitative estimate of drug-likeness (QED) is 0.747. The fourth-order valence-electron chi connectivity index (χ4n) is 2.82. The topological polar surface area (TPSA) is 56.8 Å². The first-order valence-corrected chi connectivity index (χ1v) is 8.27. The van der Waals surface area contributed by atoms with E-state index >= 15 is 0 Å². The molecule has 5 heteroatoms. The molecule has 1 aliphatic rings.